The van der Waals surface area contributed by atoms with Crippen molar-refractivity contribution >= 4 is 28.7 Å². The average Bonchev–Trinajstić information content (AvgIpc) is 3.61. The van der Waals surface area contributed by atoms with Crippen LogP contribution in [0.3, 0.4) is 0 Å². The first-order valence-electron chi connectivity index (χ1n) is 20.5. The first kappa shape index (κ1) is 43.6. The maximum atomic E-state index is 14.4. The summed E-state index contributed by atoms with van der Waals surface area (Å²) in [4.78, 5) is 34.9. The van der Waals surface area contributed by atoms with Crippen LogP contribution in [0.1, 0.15) is 113 Å². The van der Waals surface area contributed by atoms with E-state index in [1.165, 1.54) is 23.5 Å². The Bertz CT molecular complexity index is 2160. The van der Waals surface area contributed by atoms with Crippen molar-refractivity contribution in [2.45, 2.75) is 126 Å². The van der Waals surface area contributed by atoms with E-state index in [-0.39, 0.29) is 37.1 Å². The maximum Gasteiger partial charge on any atom is 0.407 e. The number of alkyl carbamates (subject to hydrolysis) is 1. The molecule has 0 aliphatic heterocycles. The summed E-state index contributed by atoms with van der Waals surface area (Å²) in [6.45, 7) is 21.0. The molecule has 2 amide bonds. The van der Waals surface area contributed by atoms with Gasteiger partial charge < -0.3 is 24.8 Å². The van der Waals surface area contributed by atoms with Crippen molar-refractivity contribution in [1.82, 2.24) is 30.3 Å². The number of nitrogens with zero attached hydrogens (tertiary/aromatic N) is 5. The summed E-state index contributed by atoms with van der Waals surface area (Å²) in [5, 5.41) is 14.7. The molecule has 0 radical (unpaired) electrons. The lowest BCUT2D eigenvalue weighted by molar-refractivity contribution is -0.124. The van der Waals surface area contributed by atoms with Gasteiger partial charge in [-0.15, -0.1) is 5.10 Å². The standard InChI is InChI=1S/C46H61N7O5/c1-11-36(57-39-20-16-13-17-31(39)4)19-15-14-18-33-27-34(22-21-30(33)3)40(37-23-24-38-41(32(37)5)51-52-53(38)12-2)46(9,10)42(54)50-35-28-48-43(49-29-35)56-26-25-47-44(55)58-45(6,7)8/h13,16-17,20-24,27-29,36,40H,11-12,14-15,18-19,25-26H2,1-10H3,(H,47,55)(H,50,54)/t36-,40+/m1/s1. The molecule has 310 valence electrons. The van der Waals surface area contributed by atoms with Crippen molar-refractivity contribution in [2.24, 2.45) is 5.41 Å². The minimum atomic E-state index is -0.935. The van der Waals surface area contributed by atoms with Crippen LogP contribution >= 0.6 is 0 Å². The van der Waals surface area contributed by atoms with Gasteiger partial charge in [0, 0.05) is 12.5 Å². The molecule has 2 aromatic heterocycles. The van der Waals surface area contributed by atoms with Gasteiger partial charge in [0.15, 0.2) is 0 Å². The number of carbonyl (C=O) groups is 2. The monoisotopic (exact) mass is 791 g/mol. The lowest BCUT2D eigenvalue weighted by atomic mass is 9.69. The number of amides is 2. The topological polar surface area (TPSA) is 142 Å². The molecule has 5 aromatic rings. The highest BCUT2D eigenvalue weighted by atomic mass is 16.6. The zero-order valence-electron chi connectivity index (χ0n) is 35.9. The fraction of sp³-hybridized carbons (Fsp3) is 0.478. The van der Waals surface area contributed by atoms with Crippen LogP contribution in [0.5, 0.6) is 11.8 Å². The number of carbonyl (C=O) groups excluding carboxylic acids is 2. The van der Waals surface area contributed by atoms with E-state index in [0.29, 0.717) is 12.2 Å². The molecule has 0 saturated heterocycles. The van der Waals surface area contributed by atoms with Gasteiger partial charge in [0.2, 0.25) is 5.91 Å². The van der Waals surface area contributed by atoms with E-state index >= 15 is 0 Å². The van der Waals surface area contributed by atoms with Gasteiger partial charge >= 0.3 is 12.1 Å². The number of anilines is 1. The zero-order chi connectivity index (χ0) is 42.0. The molecule has 0 saturated carbocycles. The third-order valence-electron chi connectivity index (χ3n) is 10.6. The van der Waals surface area contributed by atoms with E-state index in [2.05, 4.69) is 95.0 Å². The largest absolute Gasteiger partial charge is 0.490 e. The second-order valence-corrected chi connectivity index (χ2v) is 16.5. The Morgan fingerprint density at radius 3 is 2.33 bits per heavy atom. The summed E-state index contributed by atoms with van der Waals surface area (Å²) in [5.74, 6) is 0.451. The van der Waals surface area contributed by atoms with Gasteiger partial charge in [0.1, 0.15) is 23.5 Å². The van der Waals surface area contributed by atoms with Crippen LogP contribution in [0.2, 0.25) is 0 Å². The summed E-state index contributed by atoms with van der Waals surface area (Å²) in [6.07, 6.45) is 7.62. The predicted octanol–water partition coefficient (Wildman–Crippen LogP) is 9.44. The van der Waals surface area contributed by atoms with E-state index in [1.807, 2.05) is 43.7 Å². The number of nitrogens with one attached hydrogen (secondary N) is 2. The quantitative estimate of drug-likeness (QED) is 0.0830. The number of benzene rings is 3. The molecule has 3 aromatic carbocycles. The molecule has 12 nitrogen and oxygen atoms in total. The van der Waals surface area contributed by atoms with Crippen molar-refractivity contribution in [3.8, 4) is 11.8 Å². The van der Waals surface area contributed by atoms with Gasteiger partial charge in [0.05, 0.1) is 41.7 Å². The van der Waals surface area contributed by atoms with Gasteiger partial charge in [-0.3, -0.25) is 4.79 Å². The Labute approximate surface area is 343 Å². The molecule has 12 heteroatoms. The molecule has 58 heavy (non-hydrogen) atoms. The number of para-hydroxylation sites is 1. The molecule has 0 unspecified atom stereocenters. The zero-order valence-corrected chi connectivity index (χ0v) is 35.9. The van der Waals surface area contributed by atoms with Crippen LogP contribution < -0.4 is 20.1 Å². The van der Waals surface area contributed by atoms with Crippen LogP contribution in [0.25, 0.3) is 11.0 Å². The lowest BCUT2D eigenvalue weighted by Crippen LogP contribution is -2.37. The molecule has 0 bridgehead atoms. The van der Waals surface area contributed by atoms with Crippen LogP contribution in [-0.4, -0.2) is 61.8 Å². The van der Waals surface area contributed by atoms with Crippen LogP contribution in [0, 0.1) is 26.2 Å². The van der Waals surface area contributed by atoms with Crippen molar-refractivity contribution in [2.75, 3.05) is 18.5 Å². The molecule has 2 N–H and O–H groups in total. The van der Waals surface area contributed by atoms with E-state index in [0.717, 1.165) is 71.1 Å². The SMILES string of the molecule is CC[C@H](CCCCc1cc([C@@H](c2ccc3c(nnn3CC)c2C)C(C)(C)C(=O)Nc2cnc(OCCNC(=O)OC(C)(C)C)nc2)ccc1C)Oc1ccccc1C. The third kappa shape index (κ3) is 11.1. The first-order valence-corrected chi connectivity index (χ1v) is 20.5. The number of ether oxygens (including phenoxy) is 3. The van der Waals surface area contributed by atoms with E-state index in [1.54, 1.807) is 20.8 Å². The number of aryl methyl sites for hydroxylation is 5. The molecule has 5 rings (SSSR count). The summed E-state index contributed by atoms with van der Waals surface area (Å²) in [6, 6.07) is 19.1. The minimum absolute atomic E-state index is 0.126. The second-order valence-electron chi connectivity index (χ2n) is 16.5. The molecule has 2 heterocycles. The predicted molar refractivity (Wildman–Crippen MR) is 229 cm³/mol. The van der Waals surface area contributed by atoms with Crippen LogP contribution in [0.4, 0.5) is 10.5 Å². The number of hydrogen-bond acceptors (Lipinski definition) is 9. The molecule has 0 aliphatic rings. The highest BCUT2D eigenvalue weighted by molar-refractivity contribution is 5.96. The molecular weight excluding hydrogens is 731 g/mol. The number of fused-ring (bicyclic) bond motifs is 1. The van der Waals surface area contributed by atoms with Gasteiger partial charge in [-0.2, -0.15) is 0 Å². The highest BCUT2D eigenvalue weighted by Gasteiger charge is 2.40. The van der Waals surface area contributed by atoms with Crippen LogP contribution in [-0.2, 0) is 22.5 Å². The Hall–Kier alpha value is -5.52. The van der Waals surface area contributed by atoms with Crippen molar-refractivity contribution in [3.05, 3.63) is 100 Å². The Morgan fingerprint density at radius 1 is 0.897 bits per heavy atom. The first-order chi connectivity index (χ1) is 27.6. The summed E-state index contributed by atoms with van der Waals surface area (Å²) in [5.41, 5.74) is 7.43. The smallest absolute Gasteiger partial charge is 0.407 e. The molecule has 0 aliphatic carbocycles. The molecule has 0 fully saturated rings. The number of aromatic nitrogens is 5. The van der Waals surface area contributed by atoms with Gasteiger partial charge in [-0.1, -0.05) is 68.4 Å². The van der Waals surface area contributed by atoms with Gasteiger partial charge in [-0.25, -0.2) is 19.4 Å². The fourth-order valence-corrected chi connectivity index (χ4v) is 7.24. The van der Waals surface area contributed by atoms with E-state index in [4.69, 9.17) is 14.2 Å². The Morgan fingerprint density at radius 2 is 1.64 bits per heavy atom. The third-order valence-corrected chi connectivity index (χ3v) is 10.6. The Balaban J connectivity index is 1.33. The number of rotatable bonds is 18. The van der Waals surface area contributed by atoms with E-state index in [9.17, 15) is 9.59 Å². The van der Waals surface area contributed by atoms with Gasteiger partial charge in [0.25, 0.3) is 0 Å². The average molecular weight is 792 g/mol. The highest BCUT2D eigenvalue weighted by Crippen LogP contribution is 2.44. The van der Waals surface area contributed by atoms with Gasteiger partial charge in [-0.05, 0) is 126 Å². The normalized spacial score (nSPS) is 12.9. The maximum absolute atomic E-state index is 14.4. The minimum Gasteiger partial charge on any atom is -0.490 e. The summed E-state index contributed by atoms with van der Waals surface area (Å²) < 4.78 is 19.1. The Kier molecular flexibility index (Phi) is 14.5. The molecule has 2 atom stereocenters. The summed E-state index contributed by atoms with van der Waals surface area (Å²) >= 11 is 0. The second kappa shape index (κ2) is 19.3. The lowest BCUT2D eigenvalue weighted by Gasteiger charge is -2.35. The fourth-order valence-electron chi connectivity index (χ4n) is 7.24. The summed E-state index contributed by atoms with van der Waals surface area (Å²) in [7, 11) is 0. The van der Waals surface area contributed by atoms with Crippen molar-refractivity contribution in [3.63, 3.8) is 0 Å². The number of unbranched alkanes of at least 4 members (excludes halogenated alkanes) is 1. The van der Waals surface area contributed by atoms with Crippen molar-refractivity contribution in [1.29, 1.82) is 0 Å². The van der Waals surface area contributed by atoms with Crippen LogP contribution in [0.15, 0.2) is 67.0 Å². The van der Waals surface area contributed by atoms with E-state index < -0.39 is 17.1 Å². The molecular formula is C46H61N7O5. The number of hydrogen-bond donors (Lipinski definition) is 2. The van der Waals surface area contributed by atoms with Crippen molar-refractivity contribution < 1.29 is 23.8 Å². The molecule has 0 spiro atoms.